The van der Waals surface area contributed by atoms with Crippen molar-refractivity contribution in [2.45, 2.75) is 31.7 Å². The van der Waals surface area contributed by atoms with Crippen LogP contribution in [0, 0.1) is 0 Å². The van der Waals surface area contributed by atoms with Gasteiger partial charge in [-0.2, -0.15) is 0 Å². The third-order valence-corrected chi connectivity index (χ3v) is 3.93. The number of aryl methyl sites for hydroxylation is 1. The van der Waals surface area contributed by atoms with Gasteiger partial charge >= 0.3 is 0 Å². The van der Waals surface area contributed by atoms with Gasteiger partial charge in [0.1, 0.15) is 0 Å². The zero-order valence-corrected chi connectivity index (χ0v) is 11.4. The summed E-state index contributed by atoms with van der Waals surface area (Å²) in [6.45, 7) is 0.774. The molecule has 1 saturated carbocycles. The number of aromatic nitrogens is 1. The molecule has 3 heteroatoms. The summed E-state index contributed by atoms with van der Waals surface area (Å²) >= 11 is 3.56. The number of halogens is 1. The van der Waals surface area contributed by atoms with Crippen molar-refractivity contribution in [2.24, 2.45) is 5.73 Å². The Balaban J connectivity index is 2.10. The zero-order valence-electron chi connectivity index (χ0n) is 9.82. The lowest BCUT2D eigenvalue weighted by molar-refractivity contribution is 0.694. The molecule has 2 nitrogen and oxygen atoms in total. The first-order valence-corrected chi connectivity index (χ1v) is 7.08. The highest BCUT2D eigenvalue weighted by molar-refractivity contribution is 9.10. The molecule has 1 fully saturated rings. The van der Waals surface area contributed by atoms with E-state index in [1.165, 1.54) is 29.4 Å². The van der Waals surface area contributed by atoms with E-state index in [2.05, 4.69) is 44.8 Å². The molecule has 17 heavy (non-hydrogen) atoms. The third kappa shape index (κ3) is 2.14. The fourth-order valence-electron chi connectivity index (χ4n) is 2.49. The molecule has 0 atom stereocenters. The minimum absolute atomic E-state index is 0.731. The smallest absolute Gasteiger partial charge is 0.0496 e. The normalized spacial score (nSPS) is 15.6. The van der Waals surface area contributed by atoms with Gasteiger partial charge in [0.15, 0.2) is 0 Å². The van der Waals surface area contributed by atoms with Crippen LogP contribution in [0.25, 0.3) is 10.9 Å². The van der Waals surface area contributed by atoms with E-state index < -0.39 is 0 Å². The zero-order chi connectivity index (χ0) is 11.8. The summed E-state index contributed by atoms with van der Waals surface area (Å²) in [5, 5.41) is 1.35. The van der Waals surface area contributed by atoms with Crippen LogP contribution in [0.15, 0.2) is 28.7 Å². The summed E-state index contributed by atoms with van der Waals surface area (Å²) in [7, 11) is 0. The molecule has 3 rings (SSSR count). The van der Waals surface area contributed by atoms with Gasteiger partial charge in [-0.1, -0.05) is 22.0 Å². The second-order valence-electron chi connectivity index (χ2n) is 4.83. The number of hydrogen-bond acceptors (Lipinski definition) is 1. The molecule has 0 saturated heterocycles. The van der Waals surface area contributed by atoms with E-state index in [-0.39, 0.29) is 0 Å². The highest BCUT2D eigenvalue weighted by Gasteiger charge is 2.26. The quantitative estimate of drug-likeness (QED) is 0.917. The lowest BCUT2D eigenvalue weighted by Gasteiger charge is -2.09. The average Bonchev–Trinajstić information content (AvgIpc) is 3.08. The lowest BCUT2D eigenvalue weighted by atomic mass is 10.2. The molecule has 1 aromatic carbocycles. The molecule has 2 N–H and O–H groups in total. The van der Waals surface area contributed by atoms with Crippen LogP contribution >= 0.6 is 15.9 Å². The molecule has 0 bridgehead atoms. The maximum atomic E-state index is 5.62. The fourth-order valence-corrected chi connectivity index (χ4v) is 2.84. The highest BCUT2D eigenvalue weighted by Crippen LogP contribution is 2.40. The average molecular weight is 293 g/mol. The second kappa shape index (κ2) is 4.46. The molecule has 0 unspecified atom stereocenters. The van der Waals surface area contributed by atoms with Gasteiger partial charge in [0.2, 0.25) is 0 Å². The van der Waals surface area contributed by atoms with Gasteiger partial charge in [0.25, 0.3) is 0 Å². The molecule has 1 aromatic heterocycles. The van der Waals surface area contributed by atoms with Crippen molar-refractivity contribution in [3.63, 3.8) is 0 Å². The van der Waals surface area contributed by atoms with Crippen molar-refractivity contribution in [3.8, 4) is 0 Å². The van der Waals surface area contributed by atoms with Gasteiger partial charge in [0, 0.05) is 21.7 Å². The Morgan fingerprint density at radius 2 is 2.12 bits per heavy atom. The summed E-state index contributed by atoms with van der Waals surface area (Å²) in [6, 6.07) is 9.61. The van der Waals surface area contributed by atoms with Crippen LogP contribution in [0.4, 0.5) is 0 Å². The minimum atomic E-state index is 0.731. The number of hydrogen-bond donors (Lipinski definition) is 1. The predicted molar refractivity (Wildman–Crippen MR) is 75.3 cm³/mol. The van der Waals surface area contributed by atoms with Crippen LogP contribution in [0.3, 0.4) is 0 Å². The maximum absolute atomic E-state index is 5.62. The summed E-state index contributed by atoms with van der Waals surface area (Å²) in [4.78, 5) is 0. The Bertz CT molecular complexity index is 540. The van der Waals surface area contributed by atoms with Crippen molar-refractivity contribution in [1.82, 2.24) is 4.57 Å². The van der Waals surface area contributed by atoms with Crippen LogP contribution in [-0.4, -0.2) is 11.1 Å². The third-order valence-electron chi connectivity index (χ3n) is 3.43. The van der Waals surface area contributed by atoms with E-state index >= 15 is 0 Å². The van der Waals surface area contributed by atoms with Crippen molar-refractivity contribution in [1.29, 1.82) is 0 Å². The first-order valence-electron chi connectivity index (χ1n) is 6.29. The van der Waals surface area contributed by atoms with E-state index in [4.69, 9.17) is 5.73 Å². The van der Waals surface area contributed by atoms with E-state index in [1.54, 1.807) is 0 Å². The largest absolute Gasteiger partial charge is 0.342 e. The Morgan fingerprint density at radius 3 is 2.82 bits per heavy atom. The number of rotatable bonds is 4. The minimum Gasteiger partial charge on any atom is -0.342 e. The molecule has 0 radical (unpaired) electrons. The monoisotopic (exact) mass is 292 g/mol. The Kier molecular flexibility index (Phi) is 2.97. The molecule has 0 amide bonds. The Labute approximate surface area is 110 Å². The molecule has 0 aliphatic heterocycles. The summed E-state index contributed by atoms with van der Waals surface area (Å²) in [5.41, 5.74) is 8.44. The molecule has 1 heterocycles. The van der Waals surface area contributed by atoms with Crippen LogP contribution in [0.1, 0.15) is 31.0 Å². The summed E-state index contributed by atoms with van der Waals surface area (Å²) in [6.07, 6.45) is 4.82. The van der Waals surface area contributed by atoms with Crippen LogP contribution in [0.5, 0.6) is 0 Å². The second-order valence-corrected chi connectivity index (χ2v) is 5.75. The fraction of sp³-hybridized carbons (Fsp3) is 0.429. The van der Waals surface area contributed by atoms with Gasteiger partial charge in [0.05, 0.1) is 0 Å². The van der Waals surface area contributed by atoms with Crippen molar-refractivity contribution in [3.05, 3.63) is 34.4 Å². The Morgan fingerprint density at radius 1 is 1.29 bits per heavy atom. The van der Waals surface area contributed by atoms with E-state index in [0.29, 0.717) is 0 Å². The number of fused-ring (bicyclic) bond motifs is 1. The van der Waals surface area contributed by atoms with Crippen molar-refractivity contribution < 1.29 is 0 Å². The molecule has 2 aromatic rings. The van der Waals surface area contributed by atoms with Gasteiger partial charge in [-0.3, -0.25) is 0 Å². The first-order chi connectivity index (χ1) is 8.29. The predicted octanol–water partition coefficient (Wildman–Crippen LogP) is 3.63. The van der Waals surface area contributed by atoms with Gasteiger partial charge in [-0.05, 0) is 55.8 Å². The molecular weight excluding hydrogens is 276 g/mol. The van der Waals surface area contributed by atoms with Crippen LogP contribution < -0.4 is 5.73 Å². The van der Waals surface area contributed by atoms with Crippen molar-refractivity contribution >= 4 is 26.8 Å². The molecule has 1 aliphatic rings. The maximum Gasteiger partial charge on any atom is 0.0496 e. The van der Waals surface area contributed by atoms with E-state index in [0.717, 1.165) is 29.9 Å². The molecule has 0 spiro atoms. The Hall–Kier alpha value is -0.800. The SMILES string of the molecule is NCCCc1cc2ccc(Br)cc2n1C1CC1. The van der Waals surface area contributed by atoms with Gasteiger partial charge in [-0.15, -0.1) is 0 Å². The standard InChI is InChI=1S/C14H17BrN2/c15-11-4-3-10-8-13(2-1-7-16)17(12-5-6-12)14(10)9-11/h3-4,8-9,12H,1-2,5-7,16H2. The first kappa shape index (κ1) is 11.3. The number of nitrogens with zero attached hydrogens (tertiary/aromatic N) is 1. The molecule has 1 aliphatic carbocycles. The summed E-state index contributed by atoms with van der Waals surface area (Å²) < 4.78 is 3.69. The number of benzene rings is 1. The van der Waals surface area contributed by atoms with Gasteiger partial charge < -0.3 is 10.3 Å². The topological polar surface area (TPSA) is 30.9 Å². The molecular formula is C14H17BrN2. The molecule has 90 valence electrons. The van der Waals surface area contributed by atoms with E-state index in [9.17, 15) is 0 Å². The number of nitrogens with two attached hydrogens (primary N) is 1. The van der Waals surface area contributed by atoms with Gasteiger partial charge in [-0.25, -0.2) is 0 Å². The summed E-state index contributed by atoms with van der Waals surface area (Å²) in [5.74, 6) is 0. The van der Waals surface area contributed by atoms with Crippen LogP contribution in [0.2, 0.25) is 0 Å². The highest BCUT2D eigenvalue weighted by atomic mass is 79.9. The van der Waals surface area contributed by atoms with Crippen LogP contribution in [-0.2, 0) is 6.42 Å². The van der Waals surface area contributed by atoms with Crippen molar-refractivity contribution in [2.75, 3.05) is 6.54 Å². The lowest BCUT2D eigenvalue weighted by Crippen LogP contribution is -2.05. The van der Waals surface area contributed by atoms with E-state index in [1.807, 2.05) is 0 Å².